The monoisotopic (exact) mass is 316 g/mol. The number of carbonyl (C=O) groups excluding carboxylic acids is 1. The van der Waals surface area contributed by atoms with Gasteiger partial charge in [0.05, 0.1) is 19.4 Å². The van der Waals surface area contributed by atoms with Crippen molar-refractivity contribution in [3.8, 4) is 0 Å². The number of ether oxygens (including phenoxy) is 1. The van der Waals surface area contributed by atoms with E-state index in [9.17, 15) is 9.59 Å². The van der Waals surface area contributed by atoms with E-state index < -0.39 is 6.03 Å². The number of urea groups is 1. The summed E-state index contributed by atoms with van der Waals surface area (Å²) in [6.45, 7) is 2.37. The molecule has 3 rings (SSSR count). The summed E-state index contributed by atoms with van der Waals surface area (Å²) in [5, 5.41) is 3.70. The smallest absolute Gasteiger partial charge is 0.332 e. The number of nitrogens with one attached hydrogen (secondary N) is 1. The number of nitrogens with zero attached hydrogens (tertiary/aromatic N) is 4. The average molecular weight is 316 g/mol. The number of carbonyl (C=O) groups is 1. The zero-order valence-electron chi connectivity index (χ0n) is 12.3. The second-order valence-corrected chi connectivity index (χ2v) is 4.92. The normalized spacial score (nSPS) is 15.2. The van der Waals surface area contributed by atoms with Gasteiger partial charge in [-0.2, -0.15) is 5.10 Å². The van der Waals surface area contributed by atoms with Crippen molar-refractivity contribution >= 4 is 23.7 Å². The van der Waals surface area contributed by atoms with Gasteiger partial charge in [0.2, 0.25) is 0 Å². The third-order valence-electron chi connectivity index (χ3n) is 3.43. The Morgan fingerprint density at radius 3 is 2.91 bits per heavy atom. The zero-order chi connectivity index (χ0) is 16.2. The molecule has 0 bridgehead atoms. The van der Waals surface area contributed by atoms with Crippen LogP contribution in [0.1, 0.15) is 5.56 Å². The molecule has 23 heavy (non-hydrogen) atoms. The van der Waals surface area contributed by atoms with Crippen LogP contribution < -0.4 is 21.6 Å². The molecule has 1 aliphatic rings. The molecular formula is C14H16N6O3. The first-order chi connectivity index (χ1) is 11.2. The van der Waals surface area contributed by atoms with Crippen LogP contribution in [0, 0.1) is 0 Å². The van der Waals surface area contributed by atoms with Crippen molar-refractivity contribution in [3.63, 3.8) is 0 Å². The number of rotatable bonds is 3. The molecule has 3 N–H and O–H groups in total. The van der Waals surface area contributed by atoms with Crippen LogP contribution in [0.25, 0.3) is 5.65 Å². The lowest BCUT2D eigenvalue weighted by Gasteiger charge is -2.28. The number of primary amides is 1. The van der Waals surface area contributed by atoms with Gasteiger partial charge in [-0.25, -0.2) is 15.2 Å². The van der Waals surface area contributed by atoms with E-state index in [0.29, 0.717) is 37.8 Å². The maximum atomic E-state index is 12.7. The molecule has 0 spiro atoms. The fraction of sp³-hybridized carbons (Fsp3) is 0.286. The molecule has 0 saturated carbocycles. The summed E-state index contributed by atoms with van der Waals surface area (Å²) < 4.78 is 6.76. The predicted molar refractivity (Wildman–Crippen MR) is 84.8 cm³/mol. The first-order valence-corrected chi connectivity index (χ1v) is 7.09. The average Bonchev–Trinajstić information content (AvgIpc) is 2.57. The molecule has 1 aliphatic heterocycles. The Morgan fingerprint density at radius 2 is 2.17 bits per heavy atom. The van der Waals surface area contributed by atoms with E-state index in [-0.39, 0.29) is 11.1 Å². The summed E-state index contributed by atoms with van der Waals surface area (Å²) >= 11 is 0. The number of anilines is 1. The molecule has 0 radical (unpaired) electrons. The van der Waals surface area contributed by atoms with E-state index in [0.717, 1.165) is 0 Å². The highest BCUT2D eigenvalue weighted by atomic mass is 16.5. The quantitative estimate of drug-likeness (QED) is 0.587. The number of nitrogens with two attached hydrogens (primary N) is 1. The molecule has 1 fully saturated rings. The lowest BCUT2D eigenvalue weighted by Crippen LogP contribution is -2.39. The van der Waals surface area contributed by atoms with Crippen LogP contribution in [0.3, 0.4) is 0 Å². The van der Waals surface area contributed by atoms with Gasteiger partial charge in [0.1, 0.15) is 17.0 Å². The van der Waals surface area contributed by atoms with E-state index in [4.69, 9.17) is 10.5 Å². The first kappa shape index (κ1) is 15.0. The van der Waals surface area contributed by atoms with Gasteiger partial charge in [-0.05, 0) is 12.1 Å². The summed E-state index contributed by atoms with van der Waals surface area (Å²) in [4.78, 5) is 30.0. The van der Waals surface area contributed by atoms with Crippen LogP contribution >= 0.6 is 0 Å². The molecule has 9 nitrogen and oxygen atoms in total. The third kappa shape index (κ3) is 3.14. The van der Waals surface area contributed by atoms with Gasteiger partial charge in [-0.1, -0.05) is 6.07 Å². The van der Waals surface area contributed by atoms with Crippen molar-refractivity contribution in [2.24, 2.45) is 10.8 Å². The van der Waals surface area contributed by atoms with E-state index in [2.05, 4.69) is 15.5 Å². The number of fused-ring (bicyclic) bond motifs is 1. The molecule has 0 unspecified atom stereocenters. The molecular weight excluding hydrogens is 300 g/mol. The minimum Gasteiger partial charge on any atom is -0.378 e. The molecule has 0 aliphatic carbocycles. The summed E-state index contributed by atoms with van der Waals surface area (Å²) in [5.41, 5.74) is 7.62. The Morgan fingerprint density at radius 1 is 1.39 bits per heavy atom. The highest BCUT2D eigenvalue weighted by Gasteiger charge is 2.19. The molecule has 2 aromatic rings. The van der Waals surface area contributed by atoms with Gasteiger partial charge < -0.3 is 15.4 Å². The highest BCUT2D eigenvalue weighted by molar-refractivity contribution is 5.87. The predicted octanol–water partition coefficient (Wildman–Crippen LogP) is -0.467. The SMILES string of the molecule is NC(=O)NN=Cc1c(N2CCOCC2)nc2ccccn2c1=O. The fourth-order valence-corrected chi connectivity index (χ4v) is 2.38. The standard InChI is InChI=1S/C14H16N6O3/c15-14(22)18-16-9-10-12(19-5-7-23-8-6-19)17-11-3-1-2-4-20(11)13(10)21/h1-4,9H,5-8H2,(H3,15,18,22). The number of amides is 2. The van der Waals surface area contributed by atoms with E-state index in [1.54, 1.807) is 18.3 Å². The van der Waals surface area contributed by atoms with Gasteiger partial charge in [0.25, 0.3) is 5.56 Å². The molecule has 3 heterocycles. The van der Waals surface area contributed by atoms with Crippen molar-refractivity contribution in [2.75, 3.05) is 31.2 Å². The Bertz CT molecular complexity index is 810. The number of aromatic nitrogens is 2. The lowest BCUT2D eigenvalue weighted by atomic mass is 10.2. The Balaban J connectivity index is 2.12. The fourth-order valence-electron chi connectivity index (χ4n) is 2.38. The van der Waals surface area contributed by atoms with E-state index in [1.807, 2.05) is 11.0 Å². The van der Waals surface area contributed by atoms with Crippen LogP contribution in [0.15, 0.2) is 34.3 Å². The molecule has 120 valence electrons. The van der Waals surface area contributed by atoms with E-state index >= 15 is 0 Å². The van der Waals surface area contributed by atoms with Crippen LogP contribution in [0.4, 0.5) is 10.6 Å². The van der Waals surface area contributed by atoms with Gasteiger partial charge in [0.15, 0.2) is 0 Å². The largest absolute Gasteiger partial charge is 0.378 e. The molecule has 2 amide bonds. The highest BCUT2D eigenvalue weighted by Crippen LogP contribution is 2.16. The molecule has 1 saturated heterocycles. The third-order valence-corrected chi connectivity index (χ3v) is 3.43. The Labute approximate surface area is 131 Å². The van der Waals surface area contributed by atoms with Crippen molar-refractivity contribution in [3.05, 3.63) is 40.3 Å². The number of morpholine rings is 1. The molecule has 0 atom stereocenters. The van der Waals surface area contributed by atoms with Gasteiger partial charge >= 0.3 is 6.03 Å². The van der Waals surface area contributed by atoms with Gasteiger partial charge in [-0.15, -0.1) is 0 Å². The minimum absolute atomic E-state index is 0.271. The van der Waals surface area contributed by atoms with Crippen molar-refractivity contribution in [1.29, 1.82) is 0 Å². The number of pyridine rings is 1. The summed E-state index contributed by atoms with van der Waals surface area (Å²) in [6, 6.07) is 4.51. The topological polar surface area (TPSA) is 114 Å². The summed E-state index contributed by atoms with van der Waals surface area (Å²) in [6.07, 6.45) is 2.90. The van der Waals surface area contributed by atoms with Crippen LogP contribution in [0.5, 0.6) is 0 Å². The molecule has 2 aromatic heterocycles. The number of hydrogen-bond acceptors (Lipinski definition) is 6. The van der Waals surface area contributed by atoms with Gasteiger partial charge in [-0.3, -0.25) is 9.20 Å². The second-order valence-electron chi connectivity index (χ2n) is 4.92. The van der Waals surface area contributed by atoms with E-state index in [1.165, 1.54) is 10.6 Å². The molecule has 9 heteroatoms. The number of hydrazone groups is 1. The summed E-state index contributed by atoms with van der Waals surface area (Å²) in [5.74, 6) is 0.513. The van der Waals surface area contributed by atoms with Crippen molar-refractivity contribution < 1.29 is 9.53 Å². The number of hydrogen-bond donors (Lipinski definition) is 2. The van der Waals surface area contributed by atoms with Crippen molar-refractivity contribution in [1.82, 2.24) is 14.8 Å². The maximum Gasteiger partial charge on any atom is 0.332 e. The summed E-state index contributed by atoms with van der Waals surface area (Å²) in [7, 11) is 0. The maximum absolute atomic E-state index is 12.7. The minimum atomic E-state index is -0.803. The zero-order valence-corrected chi connectivity index (χ0v) is 12.3. The molecule has 0 aromatic carbocycles. The lowest BCUT2D eigenvalue weighted by molar-refractivity contribution is 0.122. The van der Waals surface area contributed by atoms with Gasteiger partial charge in [0, 0.05) is 19.3 Å². The van der Waals surface area contributed by atoms with Crippen molar-refractivity contribution in [2.45, 2.75) is 0 Å². The Kier molecular flexibility index (Phi) is 4.20. The van der Waals surface area contributed by atoms with Crippen LogP contribution in [0.2, 0.25) is 0 Å². The first-order valence-electron chi connectivity index (χ1n) is 7.09. The Hall–Kier alpha value is -2.94. The second kappa shape index (κ2) is 6.44. The van der Waals surface area contributed by atoms with Crippen LogP contribution in [-0.4, -0.2) is 47.9 Å². The van der Waals surface area contributed by atoms with Crippen LogP contribution in [-0.2, 0) is 4.74 Å².